The zero-order valence-corrected chi connectivity index (χ0v) is 9.96. The molecule has 0 radical (unpaired) electrons. The Morgan fingerprint density at radius 3 is 2.28 bits per heavy atom. The first kappa shape index (κ1) is 13.6. The number of hydrogen-bond donors (Lipinski definition) is 2. The zero-order chi connectivity index (χ0) is 13.7. The van der Waals surface area contributed by atoms with Crippen LogP contribution in [0.5, 0.6) is 0 Å². The van der Waals surface area contributed by atoms with E-state index in [0.29, 0.717) is 19.3 Å². The molecule has 2 aliphatic carbocycles. The van der Waals surface area contributed by atoms with Crippen molar-refractivity contribution in [1.82, 2.24) is 4.72 Å². The number of alkyl halides is 3. The van der Waals surface area contributed by atoms with Crippen LogP contribution in [-0.2, 0) is 14.8 Å². The molecule has 2 aliphatic rings. The number of halogens is 3. The molecule has 4 atom stereocenters. The molecule has 0 aromatic carbocycles. The van der Waals surface area contributed by atoms with E-state index >= 15 is 0 Å². The molecule has 4 unspecified atom stereocenters. The molecule has 18 heavy (non-hydrogen) atoms. The van der Waals surface area contributed by atoms with Crippen LogP contribution >= 0.6 is 0 Å². The van der Waals surface area contributed by atoms with Gasteiger partial charge in [0.05, 0.1) is 5.92 Å². The fraction of sp³-hybridized carbons (Fsp3) is 0.889. The molecule has 0 amide bonds. The standard InChI is InChI=1S/C9H12F3NO4S/c10-9(11,12)18(16,17)13-7-5-2-1-4(3-5)6(7)8(14)15/h4-7,13H,1-3H2,(H,14,15). The molecule has 9 heteroatoms. The van der Waals surface area contributed by atoms with Crippen LogP contribution in [0.25, 0.3) is 0 Å². The topological polar surface area (TPSA) is 83.5 Å². The first-order valence-corrected chi connectivity index (χ1v) is 6.93. The van der Waals surface area contributed by atoms with E-state index in [0.717, 1.165) is 0 Å². The van der Waals surface area contributed by atoms with Crippen molar-refractivity contribution in [3.8, 4) is 0 Å². The SMILES string of the molecule is O=C(O)C1C2CCC(C2)C1NS(=O)(=O)C(F)(F)F. The van der Waals surface area contributed by atoms with Gasteiger partial charge in [0, 0.05) is 6.04 Å². The normalized spacial score (nSPS) is 35.9. The Hall–Kier alpha value is -0.830. The van der Waals surface area contributed by atoms with Crippen LogP contribution in [0, 0.1) is 17.8 Å². The molecule has 0 heterocycles. The molecule has 2 fully saturated rings. The third-order valence-corrected chi connectivity index (χ3v) is 4.99. The van der Waals surface area contributed by atoms with E-state index in [-0.39, 0.29) is 11.8 Å². The zero-order valence-electron chi connectivity index (χ0n) is 9.14. The third kappa shape index (κ3) is 2.09. The molecule has 0 aromatic heterocycles. The van der Waals surface area contributed by atoms with Gasteiger partial charge in [-0.15, -0.1) is 0 Å². The lowest BCUT2D eigenvalue weighted by atomic mass is 9.85. The van der Waals surface area contributed by atoms with E-state index in [9.17, 15) is 26.4 Å². The van der Waals surface area contributed by atoms with Crippen LogP contribution in [-0.4, -0.2) is 31.0 Å². The Labute approximate surface area is 101 Å². The molecule has 2 N–H and O–H groups in total. The molecule has 2 bridgehead atoms. The van der Waals surface area contributed by atoms with Crippen molar-refractivity contribution in [2.24, 2.45) is 17.8 Å². The largest absolute Gasteiger partial charge is 0.511 e. The van der Waals surface area contributed by atoms with Gasteiger partial charge in [-0.05, 0) is 31.1 Å². The highest BCUT2D eigenvalue weighted by Crippen LogP contribution is 2.49. The van der Waals surface area contributed by atoms with E-state index in [1.165, 1.54) is 4.72 Å². The highest BCUT2D eigenvalue weighted by molar-refractivity contribution is 7.90. The maximum Gasteiger partial charge on any atom is 0.511 e. The second kappa shape index (κ2) is 4.09. The minimum atomic E-state index is -5.48. The van der Waals surface area contributed by atoms with Gasteiger partial charge in [-0.3, -0.25) is 4.79 Å². The predicted octanol–water partition coefficient (Wildman–Crippen LogP) is 0.925. The van der Waals surface area contributed by atoms with Crippen LogP contribution in [0.2, 0.25) is 0 Å². The maximum absolute atomic E-state index is 12.3. The predicted molar refractivity (Wildman–Crippen MR) is 53.9 cm³/mol. The molecular weight excluding hydrogens is 275 g/mol. The summed E-state index contributed by atoms with van der Waals surface area (Å²) in [7, 11) is -5.48. The number of carboxylic acids is 1. The lowest BCUT2D eigenvalue weighted by Crippen LogP contribution is -2.50. The average Bonchev–Trinajstić information content (AvgIpc) is 2.74. The van der Waals surface area contributed by atoms with Gasteiger partial charge in [0.25, 0.3) is 0 Å². The van der Waals surface area contributed by atoms with E-state index in [1.807, 2.05) is 0 Å². The molecular formula is C9H12F3NO4S. The van der Waals surface area contributed by atoms with Gasteiger partial charge in [-0.1, -0.05) is 0 Å². The number of fused-ring (bicyclic) bond motifs is 2. The summed E-state index contributed by atoms with van der Waals surface area (Å²) in [4.78, 5) is 11.0. The maximum atomic E-state index is 12.3. The third-order valence-electron chi connectivity index (χ3n) is 3.80. The van der Waals surface area contributed by atoms with Gasteiger partial charge in [-0.2, -0.15) is 13.2 Å². The smallest absolute Gasteiger partial charge is 0.481 e. The Morgan fingerprint density at radius 1 is 1.22 bits per heavy atom. The molecule has 2 saturated carbocycles. The number of carboxylic acid groups (broad SMARTS) is 1. The van der Waals surface area contributed by atoms with Crippen LogP contribution in [0.4, 0.5) is 13.2 Å². The van der Waals surface area contributed by atoms with Crippen LogP contribution < -0.4 is 4.72 Å². The van der Waals surface area contributed by atoms with Gasteiger partial charge in [0.1, 0.15) is 0 Å². The van der Waals surface area contributed by atoms with Crippen molar-refractivity contribution >= 4 is 16.0 Å². The minimum Gasteiger partial charge on any atom is -0.481 e. The van der Waals surface area contributed by atoms with Crippen molar-refractivity contribution in [3.05, 3.63) is 0 Å². The second-order valence-electron chi connectivity index (χ2n) is 4.79. The summed E-state index contributed by atoms with van der Waals surface area (Å²) in [6.07, 6.45) is 1.67. The number of rotatable bonds is 3. The number of carbonyl (C=O) groups is 1. The Kier molecular flexibility index (Phi) is 3.09. The number of hydrogen-bond acceptors (Lipinski definition) is 3. The quantitative estimate of drug-likeness (QED) is 0.808. The number of nitrogens with one attached hydrogen (secondary N) is 1. The second-order valence-corrected chi connectivity index (χ2v) is 6.50. The summed E-state index contributed by atoms with van der Waals surface area (Å²) >= 11 is 0. The molecule has 0 aromatic rings. The van der Waals surface area contributed by atoms with Crippen molar-refractivity contribution in [3.63, 3.8) is 0 Å². The summed E-state index contributed by atoms with van der Waals surface area (Å²) in [5, 5.41) is 8.99. The van der Waals surface area contributed by atoms with Gasteiger partial charge < -0.3 is 5.11 Å². The van der Waals surface area contributed by atoms with Crippen molar-refractivity contribution < 1.29 is 31.5 Å². The Morgan fingerprint density at radius 2 is 1.78 bits per heavy atom. The molecule has 0 saturated heterocycles. The fourth-order valence-electron chi connectivity index (χ4n) is 3.06. The summed E-state index contributed by atoms with van der Waals surface area (Å²) in [5.41, 5.74) is -5.40. The number of aliphatic carboxylic acids is 1. The van der Waals surface area contributed by atoms with Gasteiger partial charge in [0.2, 0.25) is 0 Å². The highest BCUT2D eigenvalue weighted by atomic mass is 32.2. The monoisotopic (exact) mass is 287 g/mol. The lowest BCUT2D eigenvalue weighted by molar-refractivity contribution is -0.144. The number of sulfonamides is 1. The summed E-state index contributed by atoms with van der Waals surface area (Å²) in [6.45, 7) is 0. The van der Waals surface area contributed by atoms with Crippen LogP contribution in [0.15, 0.2) is 0 Å². The first-order chi connectivity index (χ1) is 8.13. The van der Waals surface area contributed by atoms with E-state index in [4.69, 9.17) is 5.11 Å². The van der Waals surface area contributed by atoms with Crippen LogP contribution in [0.3, 0.4) is 0 Å². The first-order valence-electron chi connectivity index (χ1n) is 5.45. The summed E-state index contributed by atoms with van der Waals surface area (Å²) < 4.78 is 60.3. The Balaban J connectivity index is 2.21. The minimum absolute atomic E-state index is 0.228. The van der Waals surface area contributed by atoms with E-state index in [1.54, 1.807) is 0 Å². The van der Waals surface area contributed by atoms with E-state index < -0.39 is 33.5 Å². The van der Waals surface area contributed by atoms with E-state index in [2.05, 4.69) is 0 Å². The van der Waals surface area contributed by atoms with Crippen LogP contribution in [0.1, 0.15) is 19.3 Å². The molecule has 0 aliphatic heterocycles. The Bertz CT molecular complexity index is 461. The summed E-state index contributed by atoms with van der Waals surface area (Å²) in [5.74, 6) is -2.83. The summed E-state index contributed by atoms with van der Waals surface area (Å²) in [6, 6.07) is -1.15. The van der Waals surface area contributed by atoms with Crippen molar-refractivity contribution in [2.75, 3.05) is 0 Å². The molecule has 104 valence electrons. The molecule has 2 rings (SSSR count). The van der Waals surface area contributed by atoms with Gasteiger partial charge in [-0.25, -0.2) is 13.1 Å². The molecule has 5 nitrogen and oxygen atoms in total. The van der Waals surface area contributed by atoms with Crippen molar-refractivity contribution in [2.45, 2.75) is 30.8 Å². The average molecular weight is 287 g/mol. The van der Waals surface area contributed by atoms with Gasteiger partial charge in [0.15, 0.2) is 0 Å². The van der Waals surface area contributed by atoms with Crippen molar-refractivity contribution in [1.29, 1.82) is 0 Å². The fourth-order valence-corrected chi connectivity index (χ4v) is 3.89. The molecule has 0 spiro atoms. The highest BCUT2D eigenvalue weighted by Gasteiger charge is 2.55. The van der Waals surface area contributed by atoms with Gasteiger partial charge >= 0.3 is 21.5 Å². The lowest BCUT2D eigenvalue weighted by Gasteiger charge is -2.28.